The van der Waals surface area contributed by atoms with Gasteiger partial charge in [0.25, 0.3) is 0 Å². The van der Waals surface area contributed by atoms with Crippen molar-refractivity contribution in [3.05, 3.63) is 40.4 Å². The van der Waals surface area contributed by atoms with Gasteiger partial charge in [-0.15, -0.1) is 0 Å². The molecule has 2 nitrogen and oxygen atoms in total. The Morgan fingerprint density at radius 2 is 2.29 bits per heavy atom. The van der Waals surface area contributed by atoms with Gasteiger partial charge in [0, 0.05) is 10.8 Å². The fourth-order valence-electron chi connectivity index (χ4n) is 0.975. The molecule has 1 aromatic rings. The van der Waals surface area contributed by atoms with Crippen molar-refractivity contribution in [3.8, 4) is 0 Å². The van der Waals surface area contributed by atoms with Gasteiger partial charge in [-0.3, -0.25) is 0 Å². The summed E-state index contributed by atoms with van der Waals surface area (Å²) >= 11 is 9.88. The summed E-state index contributed by atoms with van der Waals surface area (Å²) in [5.41, 5.74) is 0.990. The molecule has 0 unspecified atom stereocenters. The van der Waals surface area contributed by atoms with Gasteiger partial charge in [0.1, 0.15) is 0 Å². The predicted octanol–water partition coefficient (Wildman–Crippen LogP) is 2.98. The van der Waals surface area contributed by atoms with E-state index < -0.39 is 5.97 Å². The molecular weight excluding hydrogens is 220 g/mol. The van der Waals surface area contributed by atoms with Crippen LogP contribution in [0.2, 0.25) is 5.02 Å². The van der Waals surface area contributed by atoms with Gasteiger partial charge in [0.05, 0.1) is 5.56 Å². The monoisotopic (exact) mass is 228 g/mol. The van der Waals surface area contributed by atoms with Gasteiger partial charge in [0.15, 0.2) is 0 Å². The van der Waals surface area contributed by atoms with Crippen molar-refractivity contribution in [2.45, 2.75) is 0 Å². The minimum Gasteiger partial charge on any atom is -0.478 e. The summed E-state index contributed by atoms with van der Waals surface area (Å²) < 4.78 is 0. The first-order valence-corrected chi connectivity index (χ1v) is 4.96. The minimum atomic E-state index is -0.975. The van der Waals surface area contributed by atoms with Crippen molar-refractivity contribution in [3.63, 3.8) is 0 Å². The van der Waals surface area contributed by atoms with E-state index in [1.807, 2.05) is 6.08 Å². The number of hydrogen-bond donors (Lipinski definition) is 2. The second kappa shape index (κ2) is 5.08. The van der Waals surface area contributed by atoms with Gasteiger partial charge in [-0.25, -0.2) is 4.79 Å². The molecule has 0 fully saturated rings. The van der Waals surface area contributed by atoms with Gasteiger partial charge in [0.2, 0.25) is 0 Å². The van der Waals surface area contributed by atoms with Crippen LogP contribution in [0.5, 0.6) is 0 Å². The summed E-state index contributed by atoms with van der Waals surface area (Å²) in [6.07, 6.45) is 3.64. The van der Waals surface area contributed by atoms with Crippen molar-refractivity contribution in [2.75, 3.05) is 5.75 Å². The number of carboxylic acid groups (broad SMARTS) is 1. The standard InChI is InChI=1S/C10H9ClO2S/c11-9-6-8(10(12)13)4-3-7(9)2-1-5-14/h1-4,6,14H,5H2,(H,12,13). The number of benzene rings is 1. The Balaban J connectivity index is 3.01. The van der Waals surface area contributed by atoms with E-state index in [0.717, 1.165) is 5.56 Å². The molecular formula is C10H9ClO2S. The lowest BCUT2D eigenvalue weighted by atomic mass is 10.1. The van der Waals surface area contributed by atoms with Crippen molar-refractivity contribution in [2.24, 2.45) is 0 Å². The van der Waals surface area contributed by atoms with Crippen LogP contribution < -0.4 is 0 Å². The largest absolute Gasteiger partial charge is 0.478 e. The first kappa shape index (κ1) is 11.1. The molecule has 4 heteroatoms. The molecule has 0 bridgehead atoms. The fourth-order valence-corrected chi connectivity index (χ4v) is 1.32. The molecule has 0 aliphatic rings. The number of carbonyl (C=O) groups is 1. The van der Waals surface area contributed by atoms with Crippen LogP contribution in [0.15, 0.2) is 24.3 Å². The zero-order valence-electron chi connectivity index (χ0n) is 7.27. The average molecular weight is 229 g/mol. The third kappa shape index (κ3) is 2.79. The lowest BCUT2D eigenvalue weighted by Crippen LogP contribution is -1.95. The predicted molar refractivity (Wildman–Crippen MR) is 61.3 cm³/mol. The van der Waals surface area contributed by atoms with E-state index in [2.05, 4.69) is 12.6 Å². The zero-order chi connectivity index (χ0) is 10.6. The Labute approximate surface area is 92.6 Å². The van der Waals surface area contributed by atoms with E-state index in [9.17, 15) is 4.79 Å². The summed E-state index contributed by atoms with van der Waals surface area (Å²) in [6.45, 7) is 0. The highest BCUT2D eigenvalue weighted by Gasteiger charge is 2.04. The molecule has 0 saturated heterocycles. The highest BCUT2D eigenvalue weighted by molar-refractivity contribution is 7.80. The lowest BCUT2D eigenvalue weighted by Gasteiger charge is -1.99. The minimum absolute atomic E-state index is 0.193. The average Bonchev–Trinajstić information content (AvgIpc) is 2.15. The molecule has 0 saturated carbocycles. The Hall–Kier alpha value is -0.930. The summed E-state index contributed by atoms with van der Waals surface area (Å²) in [5, 5.41) is 9.12. The number of aromatic carboxylic acids is 1. The first-order chi connectivity index (χ1) is 6.65. The second-order valence-corrected chi connectivity index (χ2v) is 3.40. The number of thiol groups is 1. The molecule has 0 aliphatic carbocycles. The van der Waals surface area contributed by atoms with Crippen LogP contribution in [0.3, 0.4) is 0 Å². The van der Waals surface area contributed by atoms with Gasteiger partial charge >= 0.3 is 5.97 Å². The molecule has 0 amide bonds. The highest BCUT2D eigenvalue weighted by Crippen LogP contribution is 2.19. The van der Waals surface area contributed by atoms with Crippen LogP contribution >= 0.6 is 24.2 Å². The third-order valence-electron chi connectivity index (χ3n) is 1.65. The summed E-state index contributed by atoms with van der Waals surface area (Å²) in [4.78, 5) is 10.6. The smallest absolute Gasteiger partial charge is 0.335 e. The van der Waals surface area contributed by atoms with Crippen LogP contribution in [0.4, 0.5) is 0 Å². The number of rotatable bonds is 3. The van der Waals surface area contributed by atoms with E-state index in [1.54, 1.807) is 12.1 Å². The summed E-state index contributed by atoms with van der Waals surface area (Å²) in [7, 11) is 0. The fraction of sp³-hybridized carbons (Fsp3) is 0.100. The molecule has 1 N–H and O–H groups in total. The van der Waals surface area contributed by atoms with E-state index in [1.165, 1.54) is 12.1 Å². The van der Waals surface area contributed by atoms with Crippen molar-refractivity contribution in [1.29, 1.82) is 0 Å². The maximum absolute atomic E-state index is 10.6. The molecule has 1 aromatic carbocycles. The molecule has 0 spiro atoms. The Bertz CT molecular complexity index is 374. The van der Waals surface area contributed by atoms with Crippen LogP contribution in [-0.2, 0) is 0 Å². The van der Waals surface area contributed by atoms with Crippen molar-refractivity contribution in [1.82, 2.24) is 0 Å². The molecule has 1 rings (SSSR count). The Morgan fingerprint density at radius 3 is 2.79 bits per heavy atom. The maximum Gasteiger partial charge on any atom is 0.335 e. The topological polar surface area (TPSA) is 37.3 Å². The van der Waals surface area contributed by atoms with Crippen LogP contribution in [0.1, 0.15) is 15.9 Å². The number of carboxylic acids is 1. The third-order valence-corrected chi connectivity index (χ3v) is 2.19. The molecule has 0 aromatic heterocycles. The summed E-state index contributed by atoms with van der Waals surface area (Å²) in [5.74, 6) is -0.353. The first-order valence-electron chi connectivity index (χ1n) is 3.95. The van der Waals surface area contributed by atoms with Crippen molar-refractivity contribution < 1.29 is 9.90 Å². The second-order valence-electron chi connectivity index (χ2n) is 2.63. The molecule has 0 heterocycles. The Morgan fingerprint density at radius 1 is 1.57 bits per heavy atom. The van der Waals surface area contributed by atoms with E-state index in [0.29, 0.717) is 10.8 Å². The zero-order valence-corrected chi connectivity index (χ0v) is 8.92. The van der Waals surface area contributed by atoms with Gasteiger partial charge in [-0.05, 0) is 17.7 Å². The van der Waals surface area contributed by atoms with Crippen LogP contribution in [0, 0.1) is 0 Å². The Kier molecular flexibility index (Phi) is 4.04. The van der Waals surface area contributed by atoms with E-state index >= 15 is 0 Å². The van der Waals surface area contributed by atoms with Crippen LogP contribution in [-0.4, -0.2) is 16.8 Å². The molecule has 74 valence electrons. The summed E-state index contributed by atoms with van der Waals surface area (Å²) in [6, 6.07) is 4.63. The highest BCUT2D eigenvalue weighted by atomic mass is 35.5. The quantitative estimate of drug-likeness (QED) is 0.781. The number of halogens is 1. The van der Waals surface area contributed by atoms with Gasteiger partial charge in [-0.2, -0.15) is 12.6 Å². The van der Waals surface area contributed by atoms with Crippen LogP contribution in [0.25, 0.3) is 6.08 Å². The maximum atomic E-state index is 10.6. The van der Waals surface area contributed by atoms with E-state index in [-0.39, 0.29) is 5.56 Å². The molecule has 14 heavy (non-hydrogen) atoms. The van der Waals surface area contributed by atoms with Gasteiger partial charge < -0.3 is 5.11 Å². The van der Waals surface area contributed by atoms with Gasteiger partial charge in [-0.1, -0.05) is 29.8 Å². The molecule has 0 aliphatic heterocycles. The molecule has 0 atom stereocenters. The number of hydrogen-bond acceptors (Lipinski definition) is 2. The van der Waals surface area contributed by atoms with Crippen molar-refractivity contribution >= 4 is 36.3 Å². The SMILES string of the molecule is O=C(O)c1ccc(C=CCS)c(Cl)c1. The normalized spacial score (nSPS) is 10.7. The van der Waals surface area contributed by atoms with E-state index in [4.69, 9.17) is 16.7 Å². The lowest BCUT2D eigenvalue weighted by molar-refractivity contribution is 0.0697. The molecule has 0 radical (unpaired) electrons.